The maximum absolute atomic E-state index is 10.9. The summed E-state index contributed by atoms with van der Waals surface area (Å²) in [4.78, 5) is 21.9. The molecule has 0 aliphatic rings. The summed E-state index contributed by atoms with van der Waals surface area (Å²) < 4.78 is 5.39. The first-order valence-electron chi connectivity index (χ1n) is 6.05. The minimum atomic E-state index is -1.74. The van der Waals surface area contributed by atoms with Crippen LogP contribution in [-0.2, 0) is 20.9 Å². The van der Waals surface area contributed by atoms with E-state index in [0.29, 0.717) is 19.6 Å². The summed E-state index contributed by atoms with van der Waals surface area (Å²) >= 11 is 0. The van der Waals surface area contributed by atoms with Crippen molar-refractivity contribution >= 4 is 11.9 Å². The highest BCUT2D eigenvalue weighted by Crippen LogP contribution is 2.24. The van der Waals surface area contributed by atoms with E-state index in [1.807, 2.05) is 30.3 Å². The Balaban J connectivity index is 2.30. The second-order valence-corrected chi connectivity index (χ2v) is 4.58. The summed E-state index contributed by atoms with van der Waals surface area (Å²) in [6.07, 6.45) is 0.439. The molecule has 0 aromatic heterocycles. The van der Waals surface area contributed by atoms with E-state index in [-0.39, 0.29) is 6.42 Å². The van der Waals surface area contributed by atoms with Crippen molar-refractivity contribution in [2.24, 2.45) is 5.41 Å². The van der Waals surface area contributed by atoms with Crippen LogP contribution in [0.4, 0.5) is 0 Å². The second kappa shape index (κ2) is 6.89. The number of benzene rings is 1. The van der Waals surface area contributed by atoms with Crippen LogP contribution in [0.2, 0.25) is 0 Å². The van der Waals surface area contributed by atoms with Gasteiger partial charge in [-0.25, -0.2) is 0 Å². The van der Waals surface area contributed by atoms with Crippen molar-refractivity contribution in [3.8, 4) is 0 Å². The van der Waals surface area contributed by atoms with Gasteiger partial charge in [-0.1, -0.05) is 30.3 Å². The number of aliphatic carboxylic acids is 2. The highest BCUT2D eigenvalue weighted by Gasteiger charge is 2.40. The van der Waals surface area contributed by atoms with E-state index >= 15 is 0 Å². The maximum atomic E-state index is 10.9. The van der Waals surface area contributed by atoms with Crippen molar-refractivity contribution in [1.82, 2.24) is 0 Å². The molecule has 0 saturated heterocycles. The molecule has 0 amide bonds. The van der Waals surface area contributed by atoms with Crippen LogP contribution in [-0.4, -0.2) is 28.8 Å². The second-order valence-electron chi connectivity index (χ2n) is 4.58. The monoisotopic (exact) mass is 266 g/mol. The Hall–Kier alpha value is -1.88. The zero-order valence-electron chi connectivity index (χ0n) is 10.8. The average molecular weight is 266 g/mol. The third-order valence-corrected chi connectivity index (χ3v) is 3.02. The molecule has 2 N–H and O–H groups in total. The Morgan fingerprint density at radius 3 is 2.26 bits per heavy atom. The van der Waals surface area contributed by atoms with Gasteiger partial charge in [-0.15, -0.1) is 0 Å². The Bertz CT molecular complexity index is 413. The smallest absolute Gasteiger partial charge is 0.320 e. The lowest BCUT2D eigenvalue weighted by Crippen LogP contribution is -2.36. The minimum absolute atomic E-state index is 0.0481. The fourth-order valence-electron chi connectivity index (χ4n) is 1.60. The first-order valence-corrected chi connectivity index (χ1v) is 6.05. The maximum Gasteiger partial charge on any atom is 0.320 e. The molecule has 0 spiro atoms. The molecule has 1 aromatic rings. The van der Waals surface area contributed by atoms with E-state index in [2.05, 4.69) is 0 Å². The third kappa shape index (κ3) is 4.37. The number of hydrogen-bond donors (Lipinski definition) is 2. The number of carboxylic acids is 2. The van der Waals surface area contributed by atoms with Crippen molar-refractivity contribution in [3.63, 3.8) is 0 Å². The summed E-state index contributed by atoms with van der Waals surface area (Å²) in [5.41, 5.74) is -0.711. The van der Waals surface area contributed by atoms with Crippen LogP contribution in [0.5, 0.6) is 0 Å². The van der Waals surface area contributed by atoms with Crippen LogP contribution in [0.3, 0.4) is 0 Å². The van der Waals surface area contributed by atoms with E-state index in [1.54, 1.807) is 0 Å². The Morgan fingerprint density at radius 2 is 1.74 bits per heavy atom. The molecule has 0 heterocycles. The van der Waals surface area contributed by atoms with Crippen molar-refractivity contribution in [2.45, 2.75) is 26.4 Å². The van der Waals surface area contributed by atoms with Crippen LogP contribution in [0.25, 0.3) is 0 Å². The van der Waals surface area contributed by atoms with E-state index in [9.17, 15) is 9.59 Å². The quantitative estimate of drug-likeness (QED) is 0.556. The Labute approximate surface area is 111 Å². The molecule has 0 radical (unpaired) electrons. The van der Waals surface area contributed by atoms with E-state index < -0.39 is 17.4 Å². The van der Waals surface area contributed by atoms with Crippen LogP contribution in [0.15, 0.2) is 30.3 Å². The number of rotatable bonds is 8. The molecule has 0 aliphatic carbocycles. The molecule has 0 atom stereocenters. The van der Waals surface area contributed by atoms with E-state index in [0.717, 1.165) is 5.56 Å². The third-order valence-electron chi connectivity index (χ3n) is 3.02. The van der Waals surface area contributed by atoms with Crippen LogP contribution < -0.4 is 0 Å². The highest BCUT2D eigenvalue weighted by molar-refractivity contribution is 5.97. The lowest BCUT2D eigenvalue weighted by molar-refractivity contribution is -0.164. The summed E-state index contributed by atoms with van der Waals surface area (Å²) in [5, 5.41) is 17.8. The van der Waals surface area contributed by atoms with Gasteiger partial charge in [-0.05, 0) is 25.3 Å². The van der Waals surface area contributed by atoms with Crippen molar-refractivity contribution in [3.05, 3.63) is 35.9 Å². The predicted molar refractivity (Wildman–Crippen MR) is 68.7 cm³/mol. The first-order chi connectivity index (χ1) is 8.97. The molecular formula is C14H18O5. The van der Waals surface area contributed by atoms with Gasteiger partial charge >= 0.3 is 11.9 Å². The van der Waals surface area contributed by atoms with Gasteiger partial charge in [0.25, 0.3) is 0 Å². The normalized spacial score (nSPS) is 11.2. The number of carboxylic acid groups (broad SMARTS) is 2. The van der Waals surface area contributed by atoms with Crippen molar-refractivity contribution in [2.75, 3.05) is 6.61 Å². The molecule has 5 heteroatoms. The zero-order valence-corrected chi connectivity index (χ0v) is 10.8. The molecule has 0 fully saturated rings. The van der Waals surface area contributed by atoms with Gasteiger partial charge in [-0.2, -0.15) is 0 Å². The van der Waals surface area contributed by atoms with Crippen molar-refractivity contribution in [1.29, 1.82) is 0 Å². The lowest BCUT2D eigenvalue weighted by Gasteiger charge is -2.19. The molecule has 1 aromatic carbocycles. The standard InChI is InChI=1S/C14H18O5/c1-14(12(15)16,13(17)18)8-5-9-19-10-11-6-3-2-4-7-11/h2-4,6-7H,5,8-10H2,1H3,(H,15,16)(H,17,18). The van der Waals surface area contributed by atoms with Gasteiger partial charge in [0.15, 0.2) is 5.41 Å². The largest absolute Gasteiger partial charge is 0.480 e. The fourth-order valence-corrected chi connectivity index (χ4v) is 1.60. The van der Waals surface area contributed by atoms with Gasteiger partial charge in [0, 0.05) is 6.61 Å². The number of carbonyl (C=O) groups is 2. The number of ether oxygens (including phenoxy) is 1. The Kier molecular flexibility index (Phi) is 5.51. The van der Waals surface area contributed by atoms with E-state index in [4.69, 9.17) is 14.9 Å². The molecule has 19 heavy (non-hydrogen) atoms. The minimum Gasteiger partial charge on any atom is -0.480 e. The van der Waals surface area contributed by atoms with Gasteiger partial charge in [-0.3, -0.25) is 9.59 Å². The molecule has 0 saturated carbocycles. The summed E-state index contributed by atoms with van der Waals surface area (Å²) in [6.45, 7) is 2.00. The topological polar surface area (TPSA) is 83.8 Å². The van der Waals surface area contributed by atoms with Gasteiger partial charge in [0.1, 0.15) is 0 Å². The molecule has 0 bridgehead atoms. The van der Waals surface area contributed by atoms with Crippen LogP contribution in [0, 0.1) is 5.41 Å². The zero-order chi connectivity index (χ0) is 14.3. The highest BCUT2D eigenvalue weighted by atomic mass is 16.5. The van der Waals surface area contributed by atoms with Crippen molar-refractivity contribution < 1.29 is 24.5 Å². The Morgan fingerprint density at radius 1 is 1.16 bits per heavy atom. The van der Waals surface area contributed by atoms with Gasteiger partial charge in [0.2, 0.25) is 0 Å². The molecule has 0 unspecified atom stereocenters. The van der Waals surface area contributed by atoms with E-state index in [1.165, 1.54) is 6.92 Å². The average Bonchev–Trinajstić information content (AvgIpc) is 2.38. The van der Waals surface area contributed by atoms with Crippen LogP contribution >= 0.6 is 0 Å². The molecule has 104 valence electrons. The number of hydrogen-bond acceptors (Lipinski definition) is 3. The molecule has 1 rings (SSSR count). The van der Waals surface area contributed by atoms with Crippen LogP contribution in [0.1, 0.15) is 25.3 Å². The summed E-state index contributed by atoms with van der Waals surface area (Å²) in [5.74, 6) is -2.63. The molecule has 0 aliphatic heterocycles. The van der Waals surface area contributed by atoms with Gasteiger partial charge < -0.3 is 14.9 Å². The molecular weight excluding hydrogens is 248 g/mol. The predicted octanol–water partition coefficient (Wildman–Crippen LogP) is 2.16. The lowest BCUT2D eigenvalue weighted by atomic mass is 9.86. The summed E-state index contributed by atoms with van der Waals surface area (Å²) in [6, 6.07) is 9.58. The first kappa shape index (κ1) is 15.2. The fraction of sp³-hybridized carbons (Fsp3) is 0.429. The SMILES string of the molecule is CC(CCCOCc1ccccc1)(C(=O)O)C(=O)O. The van der Waals surface area contributed by atoms with Gasteiger partial charge in [0.05, 0.1) is 6.61 Å². The summed E-state index contributed by atoms with van der Waals surface area (Å²) in [7, 11) is 0. The molecule has 5 nitrogen and oxygen atoms in total.